The third-order valence-electron chi connectivity index (χ3n) is 3.42. The van der Waals surface area contributed by atoms with E-state index in [0.717, 1.165) is 16.8 Å². The molecule has 1 heterocycles. The average molecular weight is 309 g/mol. The van der Waals surface area contributed by atoms with Gasteiger partial charge in [0.25, 0.3) is 0 Å². The highest BCUT2D eigenvalue weighted by Crippen LogP contribution is 2.08. The Morgan fingerprint density at radius 1 is 1.04 bits per heavy atom. The van der Waals surface area contributed by atoms with E-state index in [1.807, 2.05) is 36.5 Å². The summed E-state index contributed by atoms with van der Waals surface area (Å²) in [5, 5.41) is 7.08. The first kappa shape index (κ1) is 15.0. The number of carbonyl (C=O) groups excluding carboxylic acids is 1. The second-order valence-corrected chi connectivity index (χ2v) is 5.21. The van der Waals surface area contributed by atoms with Crippen LogP contribution in [-0.2, 0) is 17.8 Å². The summed E-state index contributed by atoms with van der Waals surface area (Å²) in [5.74, 6) is -0.379. The van der Waals surface area contributed by atoms with Gasteiger partial charge in [0.15, 0.2) is 0 Å². The molecule has 116 valence electrons. The minimum atomic E-state index is -0.284. The van der Waals surface area contributed by atoms with E-state index in [4.69, 9.17) is 0 Å². The minimum Gasteiger partial charge on any atom is -0.352 e. The number of amides is 1. The van der Waals surface area contributed by atoms with Crippen molar-refractivity contribution in [1.29, 1.82) is 0 Å². The van der Waals surface area contributed by atoms with E-state index in [1.54, 1.807) is 23.0 Å². The molecule has 0 aliphatic rings. The summed E-state index contributed by atoms with van der Waals surface area (Å²) in [5.41, 5.74) is 2.65. The SMILES string of the molecule is O=C(Cc1cnn(-c2ccccc2)c1)NCc1ccc(F)cc1. The van der Waals surface area contributed by atoms with Gasteiger partial charge >= 0.3 is 0 Å². The van der Waals surface area contributed by atoms with E-state index in [1.165, 1.54) is 12.1 Å². The fourth-order valence-corrected chi connectivity index (χ4v) is 2.22. The van der Waals surface area contributed by atoms with Crippen LogP contribution < -0.4 is 5.32 Å². The van der Waals surface area contributed by atoms with Gasteiger partial charge in [0, 0.05) is 12.7 Å². The quantitative estimate of drug-likeness (QED) is 0.788. The van der Waals surface area contributed by atoms with E-state index in [9.17, 15) is 9.18 Å². The molecular formula is C18H16FN3O. The molecule has 0 bridgehead atoms. The van der Waals surface area contributed by atoms with Gasteiger partial charge in [0.1, 0.15) is 5.82 Å². The molecule has 3 rings (SSSR count). The summed E-state index contributed by atoms with van der Waals surface area (Å²) < 4.78 is 14.6. The maximum Gasteiger partial charge on any atom is 0.224 e. The predicted octanol–water partition coefficient (Wildman–Crippen LogP) is 2.87. The van der Waals surface area contributed by atoms with Gasteiger partial charge in [-0.05, 0) is 35.4 Å². The number of nitrogens with one attached hydrogen (secondary N) is 1. The maximum atomic E-state index is 12.8. The van der Waals surface area contributed by atoms with Crippen LogP contribution in [0.2, 0.25) is 0 Å². The molecule has 0 saturated carbocycles. The number of para-hydroxylation sites is 1. The summed E-state index contributed by atoms with van der Waals surface area (Å²) in [7, 11) is 0. The Morgan fingerprint density at radius 3 is 2.52 bits per heavy atom. The van der Waals surface area contributed by atoms with Crippen molar-refractivity contribution in [3.8, 4) is 5.69 Å². The second kappa shape index (κ2) is 6.87. The predicted molar refractivity (Wildman–Crippen MR) is 85.5 cm³/mol. The molecule has 4 nitrogen and oxygen atoms in total. The highest BCUT2D eigenvalue weighted by Gasteiger charge is 2.06. The molecule has 0 unspecified atom stereocenters. The van der Waals surface area contributed by atoms with E-state index in [0.29, 0.717) is 6.54 Å². The van der Waals surface area contributed by atoms with Gasteiger partial charge in [-0.15, -0.1) is 0 Å². The Labute approximate surface area is 133 Å². The molecule has 0 aliphatic heterocycles. The topological polar surface area (TPSA) is 46.9 Å². The molecule has 0 saturated heterocycles. The Bertz CT molecular complexity index is 782. The highest BCUT2D eigenvalue weighted by atomic mass is 19.1. The molecular weight excluding hydrogens is 293 g/mol. The number of carbonyl (C=O) groups is 1. The van der Waals surface area contributed by atoms with Crippen molar-refractivity contribution in [3.05, 3.63) is 83.9 Å². The van der Waals surface area contributed by atoms with Gasteiger partial charge in [-0.1, -0.05) is 30.3 Å². The van der Waals surface area contributed by atoms with Crippen molar-refractivity contribution in [3.63, 3.8) is 0 Å². The Hall–Kier alpha value is -2.95. The number of nitrogens with zero attached hydrogens (tertiary/aromatic N) is 2. The minimum absolute atomic E-state index is 0.0954. The van der Waals surface area contributed by atoms with Crippen LogP contribution in [0, 0.1) is 5.82 Å². The molecule has 1 aromatic heterocycles. The molecule has 0 aliphatic carbocycles. The molecule has 3 aromatic rings. The van der Waals surface area contributed by atoms with Crippen LogP contribution in [-0.4, -0.2) is 15.7 Å². The van der Waals surface area contributed by atoms with E-state index >= 15 is 0 Å². The summed E-state index contributed by atoms with van der Waals surface area (Å²) in [6.07, 6.45) is 3.78. The van der Waals surface area contributed by atoms with Crippen molar-refractivity contribution in [2.24, 2.45) is 0 Å². The second-order valence-electron chi connectivity index (χ2n) is 5.21. The smallest absolute Gasteiger partial charge is 0.224 e. The zero-order valence-corrected chi connectivity index (χ0v) is 12.4. The molecule has 23 heavy (non-hydrogen) atoms. The molecule has 0 spiro atoms. The van der Waals surface area contributed by atoms with Crippen LogP contribution >= 0.6 is 0 Å². The molecule has 0 radical (unpaired) electrons. The standard InChI is InChI=1S/C18H16FN3O/c19-16-8-6-14(7-9-16)11-20-18(23)10-15-12-21-22(13-15)17-4-2-1-3-5-17/h1-9,12-13H,10-11H2,(H,20,23). The van der Waals surface area contributed by atoms with Gasteiger partial charge in [-0.3, -0.25) is 4.79 Å². The summed E-state index contributed by atoms with van der Waals surface area (Å²) >= 11 is 0. The number of aromatic nitrogens is 2. The molecule has 2 aromatic carbocycles. The zero-order chi connectivity index (χ0) is 16.1. The zero-order valence-electron chi connectivity index (χ0n) is 12.4. The van der Waals surface area contributed by atoms with Crippen molar-refractivity contribution >= 4 is 5.91 Å². The monoisotopic (exact) mass is 309 g/mol. The van der Waals surface area contributed by atoms with Gasteiger partial charge in [0.2, 0.25) is 5.91 Å². The van der Waals surface area contributed by atoms with Crippen molar-refractivity contribution < 1.29 is 9.18 Å². The summed E-state index contributed by atoms with van der Waals surface area (Å²) in [4.78, 5) is 12.0. The lowest BCUT2D eigenvalue weighted by molar-refractivity contribution is -0.120. The molecule has 1 N–H and O–H groups in total. The fourth-order valence-electron chi connectivity index (χ4n) is 2.22. The Balaban J connectivity index is 1.56. The lowest BCUT2D eigenvalue weighted by atomic mass is 10.2. The normalized spacial score (nSPS) is 10.5. The number of rotatable bonds is 5. The van der Waals surface area contributed by atoms with Gasteiger partial charge in [-0.2, -0.15) is 5.10 Å². The Morgan fingerprint density at radius 2 is 1.78 bits per heavy atom. The van der Waals surface area contributed by atoms with Crippen LogP contribution in [0.15, 0.2) is 67.0 Å². The maximum absolute atomic E-state index is 12.8. The Kier molecular flexibility index (Phi) is 4.47. The summed E-state index contributed by atoms with van der Waals surface area (Å²) in [6, 6.07) is 15.8. The third-order valence-corrected chi connectivity index (χ3v) is 3.42. The molecule has 0 fully saturated rings. The lowest BCUT2D eigenvalue weighted by Gasteiger charge is -2.04. The first-order valence-corrected chi connectivity index (χ1v) is 7.31. The highest BCUT2D eigenvalue weighted by molar-refractivity contribution is 5.78. The number of hydrogen-bond donors (Lipinski definition) is 1. The average Bonchev–Trinajstić information content (AvgIpc) is 3.04. The van der Waals surface area contributed by atoms with Crippen LogP contribution in [0.25, 0.3) is 5.69 Å². The van der Waals surface area contributed by atoms with Crippen LogP contribution in [0.4, 0.5) is 4.39 Å². The van der Waals surface area contributed by atoms with E-state index in [2.05, 4.69) is 10.4 Å². The van der Waals surface area contributed by atoms with Gasteiger partial charge in [0.05, 0.1) is 18.3 Å². The number of benzene rings is 2. The first-order chi connectivity index (χ1) is 11.2. The van der Waals surface area contributed by atoms with Gasteiger partial charge < -0.3 is 5.32 Å². The van der Waals surface area contributed by atoms with Crippen LogP contribution in [0.3, 0.4) is 0 Å². The fraction of sp³-hybridized carbons (Fsp3) is 0.111. The van der Waals surface area contributed by atoms with Crippen molar-refractivity contribution in [2.75, 3.05) is 0 Å². The largest absolute Gasteiger partial charge is 0.352 e. The van der Waals surface area contributed by atoms with Crippen LogP contribution in [0.1, 0.15) is 11.1 Å². The van der Waals surface area contributed by atoms with Crippen LogP contribution in [0.5, 0.6) is 0 Å². The number of hydrogen-bond acceptors (Lipinski definition) is 2. The molecule has 1 amide bonds. The molecule has 0 atom stereocenters. The number of halogens is 1. The third kappa shape index (κ3) is 4.03. The van der Waals surface area contributed by atoms with Crippen molar-refractivity contribution in [1.82, 2.24) is 15.1 Å². The van der Waals surface area contributed by atoms with Gasteiger partial charge in [-0.25, -0.2) is 9.07 Å². The van der Waals surface area contributed by atoms with E-state index < -0.39 is 0 Å². The van der Waals surface area contributed by atoms with Crippen molar-refractivity contribution in [2.45, 2.75) is 13.0 Å². The first-order valence-electron chi connectivity index (χ1n) is 7.31. The van der Waals surface area contributed by atoms with E-state index in [-0.39, 0.29) is 18.1 Å². The molecule has 5 heteroatoms. The lowest BCUT2D eigenvalue weighted by Crippen LogP contribution is -2.24. The summed E-state index contributed by atoms with van der Waals surface area (Å²) in [6.45, 7) is 0.381.